The van der Waals surface area contributed by atoms with Crippen LogP contribution >= 0.6 is 11.3 Å². The molecule has 6 nitrogen and oxygen atoms in total. The van der Waals surface area contributed by atoms with Crippen molar-refractivity contribution in [2.45, 2.75) is 11.8 Å². The van der Waals surface area contributed by atoms with E-state index in [0.717, 1.165) is 16.9 Å². The molecule has 0 amide bonds. The van der Waals surface area contributed by atoms with Crippen molar-refractivity contribution in [3.8, 4) is 5.75 Å². The SMILES string of the molecule is COC(=O)c1sccc1S(=O)(=O)Nc1cc(C)ccc1OC. The molecule has 2 aromatic rings. The number of carbonyl (C=O) groups excluding carboxylic acids is 1. The Balaban J connectivity index is 2.43. The van der Waals surface area contributed by atoms with Crippen LogP contribution in [0.2, 0.25) is 0 Å². The number of aryl methyl sites for hydroxylation is 1. The summed E-state index contributed by atoms with van der Waals surface area (Å²) < 4.78 is 37.2. The summed E-state index contributed by atoms with van der Waals surface area (Å²) in [5, 5.41) is 1.52. The van der Waals surface area contributed by atoms with Crippen molar-refractivity contribution >= 4 is 33.0 Å². The Hall–Kier alpha value is -2.06. The van der Waals surface area contributed by atoms with Crippen LogP contribution in [-0.2, 0) is 14.8 Å². The van der Waals surface area contributed by atoms with E-state index < -0.39 is 16.0 Å². The van der Waals surface area contributed by atoms with Crippen molar-refractivity contribution in [2.75, 3.05) is 18.9 Å². The molecule has 1 aromatic carbocycles. The second-order valence-corrected chi connectivity index (χ2v) is 6.98. The standard InChI is InChI=1S/C14H15NO5S2/c1-9-4-5-11(19-2)10(8-9)15-22(17,18)12-6-7-21-13(12)14(16)20-3/h4-8,15H,1-3H3. The lowest BCUT2D eigenvalue weighted by Crippen LogP contribution is -2.16. The fraction of sp³-hybridized carbons (Fsp3) is 0.214. The van der Waals surface area contributed by atoms with Gasteiger partial charge in [0.2, 0.25) is 0 Å². The molecule has 0 saturated heterocycles. The summed E-state index contributed by atoms with van der Waals surface area (Å²) in [4.78, 5) is 11.6. The molecule has 0 saturated carbocycles. The molecular formula is C14H15NO5S2. The summed E-state index contributed by atoms with van der Waals surface area (Å²) in [5.41, 5.74) is 1.18. The zero-order valence-electron chi connectivity index (χ0n) is 12.2. The van der Waals surface area contributed by atoms with Gasteiger partial charge in [-0.05, 0) is 36.1 Å². The highest BCUT2D eigenvalue weighted by atomic mass is 32.2. The number of ether oxygens (including phenoxy) is 2. The fourth-order valence-electron chi connectivity index (χ4n) is 1.85. The van der Waals surface area contributed by atoms with Gasteiger partial charge in [-0.15, -0.1) is 11.3 Å². The maximum absolute atomic E-state index is 12.5. The van der Waals surface area contributed by atoms with Gasteiger partial charge < -0.3 is 9.47 Å². The molecule has 1 N–H and O–H groups in total. The number of benzene rings is 1. The number of anilines is 1. The van der Waals surface area contributed by atoms with Crippen LogP contribution in [0.1, 0.15) is 15.2 Å². The minimum absolute atomic E-state index is 0.0293. The summed E-state index contributed by atoms with van der Waals surface area (Å²) in [6.07, 6.45) is 0. The van der Waals surface area contributed by atoms with Gasteiger partial charge in [0, 0.05) is 0 Å². The van der Waals surface area contributed by atoms with Crippen LogP contribution < -0.4 is 9.46 Å². The highest BCUT2D eigenvalue weighted by molar-refractivity contribution is 7.93. The Morgan fingerprint density at radius 1 is 1.23 bits per heavy atom. The van der Waals surface area contributed by atoms with Crippen molar-refractivity contribution in [3.63, 3.8) is 0 Å². The average Bonchev–Trinajstić information content (AvgIpc) is 2.96. The predicted octanol–water partition coefficient (Wildman–Crippen LogP) is 2.65. The summed E-state index contributed by atoms with van der Waals surface area (Å²) in [6.45, 7) is 1.84. The Labute approximate surface area is 132 Å². The summed E-state index contributed by atoms with van der Waals surface area (Å²) in [5.74, 6) is -0.296. The van der Waals surface area contributed by atoms with Crippen LogP contribution in [0.5, 0.6) is 5.75 Å². The molecule has 1 heterocycles. The normalized spacial score (nSPS) is 11.0. The highest BCUT2D eigenvalue weighted by Gasteiger charge is 2.25. The van der Waals surface area contributed by atoms with E-state index in [1.54, 1.807) is 18.2 Å². The maximum Gasteiger partial charge on any atom is 0.349 e. The van der Waals surface area contributed by atoms with Gasteiger partial charge in [-0.3, -0.25) is 4.72 Å². The van der Waals surface area contributed by atoms with Crippen LogP contribution in [0.4, 0.5) is 5.69 Å². The van der Waals surface area contributed by atoms with E-state index in [1.807, 2.05) is 6.92 Å². The number of thiophene rings is 1. The first kappa shape index (κ1) is 16.3. The zero-order valence-corrected chi connectivity index (χ0v) is 13.9. The number of methoxy groups -OCH3 is 2. The first-order chi connectivity index (χ1) is 10.4. The van der Waals surface area contributed by atoms with E-state index in [2.05, 4.69) is 9.46 Å². The van der Waals surface area contributed by atoms with Crippen LogP contribution in [0, 0.1) is 6.92 Å². The average molecular weight is 341 g/mol. The minimum atomic E-state index is -3.93. The van der Waals surface area contributed by atoms with Gasteiger partial charge in [-0.25, -0.2) is 13.2 Å². The van der Waals surface area contributed by atoms with Gasteiger partial charge in [0.1, 0.15) is 15.5 Å². The zero-order chi connectivity index (χ0) is 16.3. The molecule has 22 heavy (non-hydrogen) atoms. The third kappa shape index (κ3) is 3.23. The molecule has 0 spiro atoms. The lowest BCUT2D eigenvalue weighted by atomic mass is 10.2. The minimum Gasteiger partial charge on any atom is -0.495 e. The Morgan fingerprint density at radius 3 is 2.59 bits per heavy atom. The van der Waals surface area contributed by atoms with Gasteiger partial charge in [0.15, 0.2) is 0 Å². The number of hydrogen-bond donors (Lipinski definition) is 1. The van der Waals surface area contributed by atoms with Gasteiger partial charge in [0.05, 0.1) is 19.9 Å². The molecule has 118 valence electrons. The molecule has 0 aliphatic carbocycles. The molecule has 0 radical (unpaired) electrons. The molecule has 1 aromatic heterocycles. The van der Waals surface area contributed by atoms with Crippen molar-refractivity contribution in [1.82, 2.24) is 0 Å². The van der Waals surface area contributed by atoms with E-state index in [1.165, 1.54) is 25.7 Å². The second-order valence-electron chi connectivity index (χ2n) is 4.41. The Bertz CT molecular complexity index is 795. The molecular weight excluding hydrogens is 326 g/mol. The second kappa shape index (κ2) is 6.37. The Morgan fingerprint density at radius 2 is 1.95 bits per heavy atom. The number of esters is 1. The van der Waals surface area contributed by atoms with Crippen LogP contribution in [0.25, 0.3) is 0 Å². The van der Waals surface area contributed by atoms with Crippen molar-refractivity contribution in [2.24, 2.45) is 0 Å². The molecule has 0 aliphatic rings. The molecule has 8 heteroatoms. The lowest BCUT2D eigenvalue weighted by molar-refractivity contribution is 0.0602. The topological polar surface area (TPSA) is 81.7 Å². The molecule has 0 aliphatic heterocycles. The third-order valence-corrected chi connectivity index (χ3v) is 5.32. The van der Waals surface area contributed by atoms with Gasteiger partial charge in [-0.2, -0.15) is 0 Å². The van der Waals surface area contributed by atoms with E-state index in [9.17, 15) is 13.2 Å². The van der Waals surface area contributed by atoms with E-state index in [0.29, 0.717) is 11.4 Å². The summed E-state index contributed by atoms with van der Waals surface area (Å²) >= 11 is 1.01. The van der Waals surface area contributed by atoms with E-state index in [4.69, 9.17) is 4.74 Å². The van der Waals surface area contributed by atoms with Crippen LogP contribution in [0.15, 0.2) is 34.5 Å². The molecule has 2 rings (SSSR count). The molecule has 0 unspecified atom stereocenters. The van der Waals surface area contributed by atoms with Crippen LogP contribution in [0.3, 0.4) is 0 Å². The molecule has 0 bridgehead atoms. The number of hydrogen-bond acceptors (Lipinski definition) is 6. The summed E-state index contributed by atoms with van der Waals surface area (Å²) in [6, 6.07) is 6.49. The maximum atomic E-state index is 12.5. The summed E-state index contributed by atoms with van der Waals surface area (Å²) in [7, 11) is -1.27. The first-order valence-corrected chi connectivity index (χ1v) is 8.58. The fourth-order valence-corrected chi connectivity index (χ4v) is 4.25. The Kier molecular flexibility index (Phi) is 4.72. The molecule has 0 atom stereocenters. The first-order valence-electron chi connectivity index (χ1n) is 6.22. The van der Waals surface area contributed by atoms with Crippen molar-refractivity contribution in [3.05, 3.63) is 40.1 Å². The number of carbonyl (C=O) groups is 1. The molecule has 0 fully saturated rings. The lowest BCUT2D eigenvalue weighted by Gasteiger charge is -2.12. The number of nitrogens with one attached hydrogen (secondary N) is 1. The smallest absolute Gasteiger partial charge is 0.349 e. The van der Waals surface area contributed by atoms with Gasteiger partial charge in [0.25, 0.3) is 10.0 Å². The third-order valence-electron chi connectivity index (χ3n) is 2.89. The van der Waals surface area contributed by atoms with Gasteiger partial charge in [-0.1, -0.05) is 6.07 Å². The van der Waals surface area contributed by atoms with Crippen molar-refractivity contribution in [1.29, 1.82) is 0 Å². The predicted molar refractivity (Wildman–Crippen MR) is 84.2 cm³/mol. The van der Waals surface area contributed by atoms with Crippen LogP contribution in [-0.4, -0.2) is 28.6 Å². The van der Waals surface area contributed by atoms with Gasteiger partial charge >= 0.3 is 5.97 Å². The highest BCUT2D eigenvalue weighted by Crippen LogP contribution is 2.30. The number of rotatable bonds is 5. The van der Waals surface area contributed by atoms with E-state index >= 15 is 0 Å². The monoisotopic (exact) mass is 341 g/mol. The van der Waals surface area contributed by atoms with Crippen molar-refractivity contribution < 1.29 is 22.7 Å². The quantitative estimate of drug-likeness (QED) is 0.846. The number of sulfonamides is 1. The largest absolute Gasteiger partial charge is 0.495 e. The van der Waals surface area contributed by atoms with E-state index in [-0.39, 0.29) is 9.77 Å².